The van der Waals surface area contributed by atoms with Crippen molar-refractivity contribution in [1.29, 1.82) is 0 Å². The number of aryl methyl sites for hydroxylation is 1. The zero-order chi connectivity index (χ0) is 9.10. The molecule has 1 atom stereocenters. The lowest BCUT2D eigenvalue weighted by atomic mass is 10.3. The lowest BCUT2D eigenvalue weighted by Gasteiger charge is -2.06. The number of rotatable bonds is 3. The Labute approximate surface area is 99.3 Å². The van der Waals surface area contributed by atoms with Gasteiger partial charge in [-0.2, -0.15) is 0 Å². The summed E-state index contributed by atoms with van der Waals surface area (Å²) in [4.78, 5) is 4.43. The van der Waals surface area contributed by atoms with E-state index in [-0.39, 0.29) is 12.4 Å². The van der Waals surface area contributed by atoms with Gasteiger partial charge < -0.3 is 5.32 Å². The zero-order valence-corrected chi connectivity index (χ0v) is 10.6. The molecule has 1 aromatic heterocycles. The topological polar surface area (TPSA) is 24.9 Å². The van der Waals surface area contributed by atoms with E-state index in [0.29, 0.717) is 6.04 Å². The van der Waals surface area contributed by atoms with E-state index in [9.17, 15) is 0 Å². The highest BCUT2D eigenvalue weighted by atomic mass is 35.5. The third-order valence-electron chi connectivity index (χ3n) is 2.17. The maximum absolute atomic E-state index is 4.43. The van der Waals surface area contributed by atoms with Crippen LogP contribution in [0.4, 0.5) is 0 Å². The quantitative estimate of drug-likeness (QED) is 0.836. The Morgan fingerprint density at radius 3 is 3.14 bits per heavy atom. The van der Waals surface area contributed by atoms with Crippen molar-refractivity contribution in [2.45, 2.75) is 30.1 Å². The monoisotopic (exact) mass is 250 g/mol. The van der Waals surface area contributed by atoms with Crippen molar-refractivity contribution in [2.75, 3.05) is 12.3 Å². The summed E-state index contributed by atoms with van der Waals surface area (Å²) in [5.74, 6) is 1.17. The summed E-state index contributed by atoms with van der Waals surface area (Å²) < 4.78 is 1.21. The normalized spacial score (nSPS) is 20.8. The van der Waals surface area contributed by atoms with Crippen LogP contribution in [0, 0.1) is 6.92 Å². The number of aromatic nitrogens is 1. The van der Waals surface area contributed by atoms with E-state index in [1.54, 1.807) is 11.3 Å². The maximum Gasteiger partial charge on any atom is 0.150 e. The van der Waals surface area contributed by atoms with Crippen LogP contribution in [-0.4, -0.2) is 23.3 Å². The largest absolute Gasteiger partial charge is 0.313 e. The third kappa shape index (κ3) is 3.42. The molecule has 1 fully saturated rings. The van der Waals surface area contributed by atoms with Crippen molar-refractivity contribution in [3.8, 4) is 0 Å². The van der Waals surface area contributed by atoms with Crippen molar-refractivity contribution < 1.29 is 0 Å². The van der Waals surface area contributed by atoms with Gasteiger partial charge in [0.25, 0.3) is 0 Å². The summed E-state index contributed by atoms with van der Waals surface area (Å²) in [6.45, 7) is 3.25. The van der Waals surface area contributed by atoms with Crippen molar-refractivity contribution in [3.05, 3.63) is 11.1 Å². The fraction of sp³-hybridized carbons (Fsp3) is 0.667. The second-order valence-electron chi connectivity index (χ2n) is 3.36. The number of thiazole rings is 1. The van der Waals surface area contributed by atoms with Crippen molar-refractivity contribution in [1.82, 2.24) is 10.3 Å². The first-order chi connectivity index (χ1) is 6.34. The number of hydrogen-bond donors (Lipinski definition) is 1. The standard InChI is InChI=1S/C9H14N2S2.ClH/c1-7-5-12-9(11-7)13-6-8-3-2-4-10-8;/h5,8,10H,2-4,6H2,1H3;1H. The highest BCUT2D eigenvalue weighted by Gasteiger charge is 2.14. The summed E-state index contributed by atoms with van der Waals surface area (Å²) in [6, 6.07) is 0.717. The van der Waals surface area contributed by atoms with Crippen LogP contribution in [0.1, 0.15) is 18.5 Å². The second-order valence-corrected chi connectivity index (χ2v) is 5.48. The highest BCUT2D eigenvalue weighted by Crippen LogP contribution is 2.24. The summed E-state index contributed by atoms with van der Waals surface area (Å²) in [5, 5.41) is 5.61. The molecule has 0 amide bonds. The molecule has 5 heteroatoms. The second kappa shape index (κ2) is 5.95. The van der Waals surface area contributed by atoms with Gasteiger partial charge in [-0.15, -0.1) is 23.7 Å². The summed E-state index contributed by atoms with van der Waals surface area (Å²) in [7, 11) is 0. The van der Waals surface area contributed by atoms with Gasteiger partial charge in [0.05, 0.1) is 0 Å². The molecule has 1 N–H and O–H groups in total. The summed E-state index contributed by atoms with van der Waals surface area (Å²) in [5.41, 5.74) is 1.15. The first-order valence-electron chi connectivity index (χ1n) is 4.63. The molecule has 2 nitrogen and oxygen atoms in total. The molecule has 1 aliphatic heterocycles. The molecule has 80 valence electrons. The third-order valence-corrected chi connectivity index (χ3v) is 4.47. The number of nitrogens with zero attached hydrogens (tertiary/aromatic N) is 1. The lowest BCUT2D eigenvalue weighted by Crippen LogP contribution is -2.23. The molecule has 2 rings (SSSR count). The van der Waals surface area contributed by atoms with Gasteiger partial charge in [0.1, 0.15) is 4.34 Å². The van der Waals surface area contributed by atoms with Gasteiger partial charge in [0.15, 0.2) is 0 Å². The molecule has 1 aliphatic rings. The minimum absolute atomic E-state index is 0. The predicted octanol–water partition coefficient (Wildman–Crippen LogP) is 2.72. The Morgan fingerprint density at radius 1 is 1.71 bits per heavy atom. The molecule has 1 unspecified atom stereocenters. The zero-order valence-electron chi connectivity index (χ0n) is 8.16. The Hall–Kier alpha value is 0.230. The van der Waals surface area contributed by atoms with E-state index >= 15 is 0 Å². The molecule has 0 aromatic carbocycles. The van der Waals surface area contributed by atoms with Gasteiger partial charge in [0.2, 0.25) is 0 Å². The molecule has 0 saturated carbocycles. The molecular weight excluding hydrogens is 236 g/mol. The van der Waals surface area contributed by atoms with Crippen LogP contribution in [-0.2, 0) is 0 Å². The van der Waals surface area contributed by atoms with Crippen LogP contribution >= 0.6 is 35.5 Å². The first kappa shape index (κ1) is 12.3. The van der Waals surface area contributed by atoms with Crippen LogP contribution in [0.2, 0.25) is 0 Å². The number of nitrogens with one attached hydrogen (secondary N) is 1. The fourth-order valence-corrected chi connectivity index (χ4v) is 3.45. The molecule has 0 radical (unpaired) electrons. The van der Waals surface area contributed by atoms with Crippen LogP contribution in [0.25, 0.3) is 0 Å². The van der Waals surface area contributed by atoms with Gasteiger partial charge in [-0.1, -0.05) is 11.8 Å². The first-order valence-corrected chi connectivity index (χ1v) is 6.49. The minimum Gasteiger partial charge on any atom is -0.313 e. The van der Waals surface area contributed by atoms with Gasteiger partial charge >= 0.3 is 0 Å². The molecule has 1 saturated heterocycles. The van der Waals surface area contributed by atoms with Crippen LogP contribution < -0.4 is 5.32 Å². The van der Waals surface area contributed by atoms with Crippen LogP contribution in [0.15, 0.2) is 9.72 Å². The lowest BCUT2D eigenvalue weighted by molar-refractivity contribution is 0.674. The number of halogens is 1. The van der Waals surface area contributed by atoms with Gasteiger partial charge in [-0.25, -0.2) is 4.98 Å². The van der Waals surface area contributed by atoms with Gasteiger partial charge in [-0.05, 0) is 26.3 Å². The van der Waals surface area contributed by atoms with Gasteiger partial charge in [0, 0.05) is 22.9 Å². The molecule has 0 aliphatic carbocycles. The molecule has 1 aromatic rings. The van der Waals surface area contributed by atoms with Gasteiger partial charge in [-0.3, -0.25) is 0 Å². The number of thioether (sulfide) groups is 1. The summed E-state index contributed by atoms with van der Waals surface area (Å²) >= 11 is 3.64. The predicted molar refractivity (Wildman–Crippen MR) is 65.8 cm³/mol. The van der Waals surface area contributed by atoms with E-state index in [1.807, 2.05) is 18.7 Å². The molecular formula is C9H15ClN2S2. The summed E-state index contributed by atoms with van der Waals surface area (Å²) in [6.07, 6.45) is 2.67. The molecule has 14 heavy (non-hydrogen) atoms. The van der Waals surface area contributed by atoms with E-state index in [4.69, 9.17) is 0 Å². The smallest absolute Gasteiger partial charge is 0.150 e. The van der Waals surface area contributed by atoms with Crippen LogP contribution in [0.3, 0.4) is 0 Å². The Balaban J connectivity index is 0.000000980. The Morgan fingerprint density at radius 2 is 2.57 bits per heavy atom. The Kier molecular flexibility index (Phi) is 5.23. The van der Waals surface area contributed by atoms with Crippen LogP contribution in [0.5, 0.6) is 0 Å². The fourth-order valence-electron chi connectivity index (χ4n) is 1.47. The average Bonchev–Trinajstić information content (AvgIpc) is 2.71. The average molecular weight is 251 g/mol. The van der Waals surface area contributed by atoms with E-state index in [2.05, 4.69) is 15.7 Å². The molecule has 0 bridgehead atoms. The highest BCUT2D eigenvalue weighted by molar-refractivity contribution is 8.01. The van der Waals surface area contributed by atoms with E-state index in [1.165, 1.54) is 29.5 Å². The van der Waals surface area contributed by atoms with Crippen molar-refractivity contribution in [3.63, 3.8) is 0 Å². The van der Waals surface area contributed by atoms with Crippen molar-refractivity contribution >= 4 is 35.5 Å². The molecule has 0 spiro atoms. The molecule has 2 heterocycles. The van der Waals surface area contributed by atoms with Crippen molar-refractivity contribution in [2.24, 2.45) is 0 Å². The number of hydrogen-bond acceptors (Lipinski definition) is 4. The Bertz CT molecular complexity index is 272. The maximum atomic E-state index is 4.43. The minimum atomic E-state index is 0. The SMILES string of the molecule is Cc1csc(SCC2CCCN2)n1.Cl. The van der Waals surface area contributed by atoms with E-state index < -0.39 is 0 Å². The van der Waals surface area contributed by atoms with E-state index in [0.717, 1.165) is 5.69 Å².